The standard InChI is InChI=1S/C18H22N6O7S2/c19-16-13-17(21-9-20-16)24(10-22-13)18-15(26)14(25)12(31-18)8-32(27,28)7-6-23-33(29,30)11-4-2-1-3-5-11/h1-5,9-10,12,14-15,18,23,25-26H,6-8H2,(H2,19,20,21)/t12-,14-,15-,18-/m1/s1. The summed E-state index contributed by atoms with van der Waals surface area (Å²) in [5.41, 5.74) is 6.26. The predicted octanol–water partition coefficient (Wildman–Crippen LogP) is -1.58. The van der Waals surface area contributed by atoms with Crippen molar-refractivity contribution < 1.29 is 31.8 Å². The van der Waals surface area contributed by atoms with Crippen molar-refractivity contribution in [1.29, 1.82) is 0 Å². The van der Waals surface area contributed by atoms with Crippen molar-refractivity contribution in [3.63, 3.8) is 0 Å². The van der Waals surface area contributed by atoms with Gasteiger partial charge in [-0.05, 0) is 12.1 Å². The maximum atomic E-state index is 12.5. The van der Waals surface area contributed by atoms with Gasteiger partial charge in [0, 0.05) is 6.54 Å². The average Bonchev–Trinajstić information content (AvgIpc) is 3.31. The number of hydrogen-bond donors (Lipinski definition) is 4. The number of nitrogens with two attached hydrogens (primary N) is 1. The molecule has 5 N–H and O–H groups in total. The summed E-state index contributed by atoms with van der Waals surface area (Å²) in [6.45, 7) is -0.364. The number of nitrogens with zero attached hydrogens (tertiary/aromatic N) is 4. The Labute approximate surface area is 189 Å². The Balaban J connectivity index is 1.41. The molecular weight excluding hydrogens is 476 g/mol. The summed E-state index contributed by atoms with van der Waals surface area (Å²) in [7, 11) is -7.72. The van der Waals surface area contributed by atoms with Crippen molar-refractivity contribution in [2.45, 2.75) is 29.4 Å². The number of fused-ring (bicyclic) bond motifs is 1. The number of anilines is 1. The Morgan fingerprint density at radius 1 is 1.06 bits per heavy atom. The van der Waals surface area contributed by atoms with E-state index in [0.717, 1.165) is 0 Å². The van der Waals surface area contributed by atoms with Crippen molar-refractivity contribution in [3.05, 3.63) is 43.0 Å². The van der Waals surface area contributed by atoms with Crippen LogP contribution in [0.25, 0.3) is 11.2 Å². The monoisotopic (exact) mass is 498 g/mol. The summed E-state index contributed by atoms with van der Waals surface area (Å²) in [6.07, 6.45) is -2.89. The molecule has 3 heterocycles. The van der Waals surface area contributed by atoms with Crippen LogP contribution in [0.4, 0.5) is 5.82 Å². The molecule has 33 heavy (non-hydrogen) atoms. The van der Waals surface area contributed by atoms with Crippen LogP contribution in [-0.2, 0) is 24.6 Å². The number of aliphatic hydroxyl groups is 2. The lowest BCUT2D eigenvalue weighted by molar-refractivity contribution is -0.0292. The minimum absolute atomic E-state index is 0.0138. The largest absolute Gasteiger partial charge is 0.387 e. The molecule has 0 aliphatic carbocycles. The molecule has 1 aromatic carbocycles. The highest BCUT2D eigenvalue weighted by atomic mass is 32.2. The van der Waals surface area contributed by atoms with Crippen LogP contribution in [0.5, 0.6) is 0 Å². The van der Waals surface area contributed by atoms with Crippen LogP contribution < -0.4 is 10.5 Å². The fourth-order valence-electron chi connectivity index (χ4n) is 3.50. The van der Waals surface area contributed by atoms with Crippen LogP contribution in [0.2, 0.25) is 0 Å². The SMILES string of the molecule is Nc1ncnc2c1ncn2[C@@H]1O[C@H](CS(=O)(=O)CCNS(=O)(=O)c2ccccc2)[C@@H](O)[C@H]1O. The molecule has 0 spiro atoms. The fourth-order valence-corrected chi connectivity index (χ4v) is 6.04. The van der Waals surface area contributed by atoms with Crippen molar-refractivity contribution in [2.75, 3.05) is 23.8 Å². The number of nitrogens with one attached hydrogen (secondary N) is 1. The first-order valence-corrected chi connectivity index (χ1v) is 13.1. The molecule has 1 aliphatic heterocycles. The number of benzene rings is 1. The number of hydrogen-bond acceptors (Lipinski definition) is 11. The zero-order valence-corrected chi connectivity index (χ0v) is 18.7. The molecule has 2 aromatic heterocycles. The summed E-state index contributed by atoms with van der Waals surface area (Å²) in [4.78, 5) is 11.9. The normalized spacial score (nSPS) is 23.8. The number of sulfone groups is 1. The van der Waals surface area contributed by atoms with Crippen molar-refractivity contribution in [3.8, 4) is 0 Å². The first-order valence-electron chi connectivity index (χ1n) is 9.79. The highest BCUT2D eigenvalue weighted by Crippen LogP contribution is 2.32. The first-order chi connectivity index (χ1) is 15.6. The van der Waals surface area contributed by atoms with E-state index in [4.69, 9.17) is 10.5 Å². The molecule has 0 bridgehead atoms. The number of sulfonamides is 1. The summed E-state index contributed by atoms with van der Waals surface area (Å²) in [5, 5.41) is 20.8. The molecule has 1 fully saturated rings. The molecule has 1 saturated heterocycles. The van der Waals surface area contributed by atoms with Crippen LogP contribution in [0.1, 0.15) is 6.23 Å². The van der Waals surface area contributed by atoms with Gasteiger partial charge in [0.1, 0.15) is 30.2 Å². The summed E-state index contributed by atoms with van der Waals surface area (Å²) < 4.78 is 58.8. The Kier molecular flexibility index (Phi) is 6.35. The number of ether oxygens (including phenoxy) is 1. The van der Waals surface area contributed by atoms with Crippen LogP contribution in [0.15, 0.2) is 47.9 Å². The third kappa shape index (κ3) is 4.83. The van der Waals surface area contributed by atoms with Crippen molar-refractivity contribution in [2.24, 2.45) is 0 Å². The van der Waals surface area contributed by atoms with Gasteiger partial charge >= 0.3 is 0 Å². The van der Waals surface area contributed by atoms with E-state index in [1.54, 1.807) is 18.2 Å². The van der Waals surface area contributed by atoms with Gasteiger partial charge in [0.2, 0.25) is 10.0 Å². The second-order valence-electron chi connectivity index (χ2n) is 7.45. The van der Waals surface area contributed by atoms with Gasteiger partial charge in [0.15, 0.2) is 27.5 Å². The van der Waals surface area contributed by atoms with E-state index in [1.165, 1.54) is 29.4 Å². The number of rotatable bonds is 8. The molecule has 0 unspecified atom stereocenters. The zero-order chi connectivity index (χ0) is 23.8. The van der Waals surface area contributed by atoms with Gasteiger partial charge in [0.05, 0.1) is 22.7 Å². The van der Waals surface area contributed by atoms with Crippen LogP contribution >= 0.6 is 0 Å². The fraction of sp³-hybridized carbons (Fsp3) is 0.389. The predicted molar refractivity (Wildman–Crippen MR) is 116 cm³/mol. The van der Waals surface area contributed by atoms with E-state index in [-0.39, 0.29) is 28.4 Å². The quantitative estimate of drug-likeness (QED) is 0.279. The lowest BCUT2D eigenvalue weighted by Gasteiger charge is -2.16. The molecule has 178 valence electrons. The lowest BCUT2D eigenvalue weighted by atomic mass is 10.1. The topological polar surface area (TPSA) is 200 Å². The first kappa shape index (κ1) is 23.5. The molecule has 4 atom stereocenters. The Morgan fingerprint density at radius 3 is 2.52 bits per heavy atom. The third-order valence-corrected chi connectivity index (χ3v) is 8.31. The molecule has 4 rings (SSSR count). The van der Waals surface area contributed by atoms with Gasteiger partial charge in [-0.1, -0.05) is 18.2 Å². The van der Waals surface area contributed by atoms with Gasteiger partial charge in [-0.3, -0.25) is 4.57 Å². The summed E-state index contributed by atoms with van der Waals surface area (Å²) in [5.74, 6) is -1.04. The minimum Gasteiger partial charge on any atom is -0.387 e. The van der Waals surface area contributed by atoms with Gasteiger partial charge in [0.25, 0.3) is 0 Å². The van der Waals surface area contributed by atoms with E-state index in [0.29, 0.717) is 0 Å². The molecule has 13 nitrogen and oxygen atoms in total. The maximum absolute atomic E-state index is 12.5. The molecule has 0 amide bonds. The minimum atomic E-state index is -3.86. The average molecular weight is 499 g/mol. The molecule has 1 aliphatic rings. The molecule has 15 heteroatoms. The Hall–Kier alpha value is -2.69. The van der Waals surface area contributed by atoms with E-state index in [1.807, 2.05) is 0 Å². The molecular formula is C18H22N6O7S2. The summed E-state index contributed by atoms with van der Waals surface area (Å²) in [6, 6.07) is 7.54. The zero-order valence-electron chi connectivity index (χ0n) is 17.1. The molecule has 0 radical (unpaired) electrons. The lowest BCUT2D eigenvalue weighted by Crippen LogP contribution is -2.37. The number of aliphatic hydroxyl groups excluding tert-OH is 2. The Morgan fingerprint density at radius 2 is 1.79 bits per heavy atom. The van der Waals surface area contributed by atoms with E-state index in [2.05, 4.69) is 19.7 Å². The van der Waals surface area contributed by atoms with Gasteiger partial charge in [-0.15, -0.1) is 0 Å². The Bertz CT molecular complexity index is 1350. The van der Waals surface area contributed by atoms with Crippen molar-refractivity contribution in [1.82, 2.24) is 24.2 Å². The maximum Gasteiger partial charge on any atom is 0.240 e. The van der Waals surface area contributed by atoms with E-state index in [9.17, 15) is 27.0 Å². The van der Waals surface area contributed by atoms with Crippen molar-refractivity contribution >= 4 is 36.8 Å². The third-order valence-electron chi connectivity index (χ3n) is 5.18. The molecule has 3 aromatic rings. The molecule has 0 saturated carbocycles. The number of nitrogen functional groups attached to an aromatic ring is 1. The summed E-state index contributed by atoms with van der Waals surface area (Å²) >= 11 is 0. The smallest absolute Gasteiger partial charge is 0.240 e. The number of imidazole rings is 1. The van der Waals surface area contributed by atoms with Crippen LogP contribution in [0, 0.1) is 0 Å². The van der Waals surface area contributed by atoms with Gasteiger partial charge < -0.3 is 20.7 Å². The highest BCUT2D eigenvalue weighted by molar-refractivity contribution is 7.91. The van der Waals surface area contributed by atoms with Crippen LogP contribution in [0.3, 0.4) is 0 Å². The second-order valence-corrected chi connectivity index (χ2v) is 11.5. The highest BCUT2D eigenvalue weighted by Gasteiger charge is 2.46. The van der Waals surface area contributed by atoms with Gasteiger partial charge in [-0.2, -0.15) is 0 Å². The number of aromatic nitrogens is 4. The van der Waals surface area contributed by atoms with Gasteiger partial charge in [-0.25, -0.2) is 36.5 Å². The van der Waals surface area contributed by atoms with Crippen LogP contribution in [-0.4, -0.2) is 82.9 Å². The van der Waals surface area contributed by atoms with E-state index >= 15 is 0 Å². The second kappa shape index (κ2) is 8.92. The van der Waals surface area contributed by atoms with E-state index < -0.39 is 55.9 Å².